The Labute approximate surface area is 128 Å². The molecule has 108 valence electrons. The first-order valence-corrected chi connectivity index (χ1v) is 7.35. The summed E-state index contributed by atoms with van der Waals surface area (Å²) in [5.41, 5.74) is 2.95. The Kier molecular flexibility index (Phi) is 3.75. The summed E-state index contributed by atoms with van der Waals surface area (Å²) in [4.78, 5) is 8.53. The second-order valence-corrected chi connectivity index (χ2v) is 5.02. The van der Waals surface area contributed by atoms with Crippen molar-refractivity contribution in [3.8, 4) is 5.69 Å². The molecule has 0 fully saturated rings. The molecule has 0 radical (unpaired) electrons. The monoisotopic (exact) mass is 301 g/mol. The maximum Gasteiger partial charge on any atom is 0.226 e. The molecule has 3 aromatic rings. The van der Waals surface area contributed by atoms with Gasteiger partial charge < -0.3 is 5.32 Å². The fourth-order valence-electron chi connectivity index (χ4n) is 2.25. The summed E-state index contributed by atoms with van der Waals surface area (Å²) < 4.78 is 1.78. The number of aromatic nitrogens is 4. The van der Waals surface area contributed by atoms with E-state index in [-0.39, 0.29) is 5.28 Å². The van der Waals surface area contributed by atoms with E-state index in [9.17, 15) is 0 Å². The number of rotatable bonds is 4. The molecule has 0 amide bonds. The zero-order chi connectivity index (χ0) is 14.8. The summed E-state index contributed by atoms with van der Waals surface area (Å²) in [6.45, 7) is 4.91. The number of nitrogens with one attached hydrogen (secondary N) is 1. The van der Waals surface area contributed by atoms with Gasteiger partial charge in [-0.3, -0.25) is 0 Å². The van der Waals surface area contributed by atoms with Gasteiger partial charge in [-0.25, -0.2) is 4.68 Å². The first kappa shape index (κ1) is 13.8. The van der Waals surface area contributed by atoms with Crippen LogP contribution < -0.4 is 5.32 Å². The highest BCUT2D eigenvalue weighted by Crippen LogP contribution is 2.24. The first-order chi connectivity index (χ1) is 10.2. The molecule has 0 aliphatic heterocycles. The molecule has 0 aliphatic rings. The highest BCUT2D eigenvalue weighted by molar-refractivity contribution is 6.28. The number of anilines is 1. The summed E-state index contributed by atoms with van der Waals surface area (Å²) >= 11 is 6.02. The van der Waals surface area contributed by atoms with Gasteiger partial charge in [-0.2, -0.15) is 15.1 Å². The van der Waals surface area contributed by atoms with E-state index in [0.717, 1.165) is 24.0 Å². The maximum absolute atomic E-state index is 6.02. The van der Waals surface area contributed by atoms with Crippen LogP contribution in [-0.4, -0.2) is 26.3 Å². The molecule has 0 unspecified atom stereocenters. The molecule has 0 saturated heterocycles. The van der Waals surface area contributed by atoms with Gasteiger partial charge in [-0.1, -0.05) is 19.1 Å². The first-order valence-electron chi connectivity index (χ1n) is 6.97. The van der Waals surface area contributed by atoms with Crippen LogP contribution in [0, 0.1) is 0 Å². The third-order valence-corrected chi connectivity index (χ3v) is 3.50. The van der Waals surface area contributed by atoms with Crippen molar-refractivity contribution in [2.75, 3.05) is 11.9 Å². The van der Waals surface area contributed by atoms with Crippen LogP contribution in [-0.2, 0) is 6.42 Å². The van der Waals surface area contributed by atoms with Gasteiger partial charge in [0.1, 0.15) is 5.82 Å². The number of hydrogen-bond acceptors (Lipinski definition) is 4. The molecule has 3 rings (SSSR count). The van der Waals surface area contributed by atoms with Crippen LogP contribution in [0.15, 0.2) is 30.5 Å². The highest BCUT2D eigenvalue weighted by Gasteiger charge is 2.12. The van der Waals surface area contributed by atoms with E-state index in [4.69, 9.17) is 11.6 Å². The lowest BCUT2D eigenvalue weighted by molar-refractivity contribution is 0.893. The second-order valence-electron chi connectivity index (χ2n) is 4.69. The van der Waals surface area contributed by atoms with Gasteiger partial charge in [-0.15, -0.1) is 0 Å². The lowest BCUT2D eigenvalue weighted by atomic mass is 10.1. The Morgan fingerprint density at radius 1 is 1.14 bits per heavy atom. The molecule has 5 nitrogen and oxygen atoms in total. The minimum Gasteiger partial charge on any atom is -0.370 e. The van der Waals surface area contributed by atoms with E-state index in [1.807, 2.05) is 19.1 Å². The molecule has 0 aliphatic carbocycles. The lowest BCUT2D eigenvalue weighted by Crippen LogP contribution is -2.03. The number of hydrogen-bond donors (Lipinski definition) is 1. The Morgan fingerprint density at radius 2 is 1.90 bits per heavy atom. The van der Waals surface area contributed by atoms with Crippen LogP contribution in [0.1, 0.15) is 19.4 Å². The van der Waals surface area contributed by atoms with Crippen LogP contribution >= 0.6 is 11.6 Å². The van der Waals surface area contributed by atoms with E-state index in [1.165, 1.54) is 5.56 Å². The van der Waals surface area contributed by atoms with Crippen molar-refractivity contribution in [1.29, 1.82) is 0 Å². The predicted molar refractivity (Wildman–Crippen MR) is 85.2 cm³/mol. The number of fused-ring (bicyclic) bond motifs is 1. The van der Waals surface area contributed by atoms with Crippen LogP contribution in [0.25, 0.3) is 16.7 Å². The van der Waals surface area contributed by atoms with Gasteiger partial charge in [-0.05, 0) is 42.6 Å². The number of benzene rings is 1. The quantitative estimate of drug-likeness (QED) is 0.750. The molecule has 1 aromatic carbocycles. The SMILES string of the molecule is CCNc1nc(Cl)nc2c1cnn2-c1ccc(CC)cc1. The van der Waals surface area contributed by atoms with Crippen LogP contribution in [0.5, 0.6) is 0 Å². The molecule has 2 aromatic heterocycles. The molecular weight excluding hydrogens is 286 g/mol. The molecule has 0 atom stereocenters. The van der Waals surface area contributed by atoms with Crippen molar-refractivity contribution in [1.82, 2.24) is 19.7 Å². The van der Waals surface area contributed by atoms with Crippen LogP contribution in [0.4, 0.5) is 5.82 Å². The van der Waals surface area contributed by atoms with Gasteiger partial charge in [0.05, 0.1) is 17.3 Å². The minimum absolute atomic E-state index is 0.213. The average Bonchev–Trinajstić information content (AvgIpc) is 2.91. The molecule has 0 saturated carbocycles. The fourth-order valence-corrected chi connectivity index (χ4v) is 2.41. The Morgan fingerprint density at radius 3 is 2.57 bits per heavy atom. The highest BCUT2D eigenvalue weighted by atomic mass is 35.5. The van der Waals surface area contributed by atoms with E-state index < -0.39 is 0 Å². The van der Waals surface area contributed by atoms with Crippen molar-refractivity contribution >= 4 is 28.5 Å². The molecule has 2 heterocycles. The lowest BCUT2D eigenvalue weighted by Gasteiger charge is -2.06. The van der Waals surface area contributed by atoms with Crippen molar-refractivity contribution in [2.24, 2.45) is 0 Å². The third-order valence-electron chi connectivity index (χ3n) is 3.33. The van der Waals surface area contributed by atoms with Crippen LogP contribution in [0.2, 0.25) is 5.28 Å². The number of aryl methyl sites for hydroxylation is 1. The molecule has 6 heteroatoms. The molecule has 0 bridgehead atoms. The van der Waals surface area contributed by atoms with Gasteiger partial charge in [0.25, 0.3) is 0 Å². The minimum atomic E-state index is 0.213. The zero-order valence-electron chi connectivity index (χ0n) is 12.0. The average molecular weight is 302 g/mol. The van der Waals surface area contributed by atoms with Crippen molar-refractivity contribution in [3.63, 3.8) is 0 Å². The fraction of sp³-hybridized carbons (Fsp3) is 0.267. The van der Waals surface area contributed by atoms with E-state index in [0.29, 0.717) is 11.5 Å². The summed E-state index contributed by atoms with van der Waals surface area (Å²) in [5.74, 6) is 0.712. The summed E-state index contributed by atoms with van der Waals surface area (Å²) in [6.07, 6.45) is 2.77. The van der Waals surface area contributed by atoms with Crippen molar-refractivity contribution < 1.29 is 0 Å². The van der Waals surface area contributed by atoms with E-state index >= 15 is 0 Å². The topological polar surface area (TPSA) is 55.6 Å². The Hall–Kier alpha value is -2.14. The molecular formula is C15H16ClN5. The Bertz CT molecular complexity index is 764. The molecule has 1 N–H and O–H groups in total. The summed E-state index contributed by atoms with van der Waals surface area (Å²) in [7, 11) is 0. The van der Waals surface area contributed by atoms with Gasteiger partial charge in [0.2, 0.25) is 5.28 Å². The van der Waals surface area contributed by atoms with E-state index in [2.05, 4.69) is 39.4 Å². The smallest absolute Gasteiger partial charge is 0.226 e. The predicted octanol–water partition coefficient (Wildman–Crippen LogP) is 3.46. The maximum atomic E-state index is 6.02. The summed E-state index contributed by atoms with van der Waals surface area (Å²) in [5, 5.41) is 8.68. The van der Waals surface area contributed by atoms with Crippen LogP contribution in [0.3, 0.4) is 0 Å². The van der Waals surface area contributed by atoms with Crippen molar-refractivity contribution in [2.45, 2.75) is 20.3 Å². The normalized spacial score (nSPS) is 11.0. The zero-order valence-corrected chi connectivity index (χ0v) is 12.7. The van der Waals surface area contributed by atoms with Crippen molar-refractivity contribution in [3.05, 3.63) is 41.3 Å². The van der Waals surface area contributed by atoms with E-state index in [1.54, 1.807) is 10.9 Å². The summed E-state index contributed by atoms with van der Waals surface area (Å²) in [6, 6.07) is 8.26. The van der Waals surface area contributed by atoms with Gasteiger partial charge in [0, 0.05) is 6.54 Å². The third kappa shape index (κ3) is 2.56. The number of nitrogens with zero attached hydrogens (tertiary/aromatic N) is 4. The molecule has 21 heavy (non-hydrogen) atoms. The standard InChI is InChI=1S/C15H16ClN5/c1-3-10-5-7-11(8-6-10)21-14-12(9-18-21)13(17-4-2)19-15(16)20-14/h5-9H,3-4H2,1-2H3,(H,17,19,20). The number of halogens is 1. The van der Waals surface area contributed by atoms with Gasteiger partial charge in [0.15, 0.2) is 5.65 Å². The largest absolute Gasteiger partial charge is 0.370 e. The Balaban J connectivity index is 2.14. The van der Waals surface area contributed by atoms with Gasteiger partial charge >= 0.3 is 0 Å². The second kappa shape index (κ2) is 5.69. The molecule has 0 spiro atoms.